The third-order valence-electron chi connectivity index (χ3n) is 5.91. The molecule has 1 heterocycles. The minimum atomic E-state index is -1.04. The lowest BCUT2D eigenvalue weighted by molar-refractivity contribution is -0.159. The molecule has 5 atom stereocenters. The van der Waals surface area contributed by atoms with E-state index in [2.05, 4.69) is 5.32 Å². The van der Waals surface area contributed by atoms with E-state index in [4.69, 9.17) is 4.74 Å². The van der Waals surface area contributed by atoms with Gasteiger partial charge in [0.25, 0.3) is 5.91 Å². The first-order chi connectivity index (χ1) is 13.4. The van der Waals surface area contributed by atoms with Gasteiger partial charge in [0.05, 0.1) is 11.8 Å². The van der Waals surface area contributed by atoms with Crippen molar-refractivity contribution >= 4 is 29.4 Å². The van der Waals surface area contributed by atoms with Crippen LogP contribution in [0.5, 0.6) is 0 Å². The number of esters is 1. The second-order valence-electron chi connectivity index (χ2n) is 7.74. The lowest BCUT2D eigenvalue weighted by Crippen LogP contribution is -2.45. The molecule has 2 bridgehead atoms. The standard InChI is InChI=1S/C21H22N2O5/c1-11-3-7-15(8-4-11)22-16(24)10-28-21(27)12(2)23-19(25)17-13-5-6-14(9-13)18(17)20(23)26/h3-8,12-14,17-18H,9-10H2,1-2H3,(H,22,24)/t12-,13+,14+,17-,18+/m1/s1. The normalized spacial score (nSPS) is 28.4. The Labute approximate surface area is 162 Å². The minimum Gasteiger partial charge on any atom is -0.454 e. The molecule has 7 heteroatoms. The molecule has 7 nitrogen and oxygen atoms in total. The Morgan fingerprint density at radius 1 is 1.11 bits per heavy atom. The van der Waals surface area contributed by atoms with Gasteiger partial charge in [-0.3, -0.25) is 19.3 Å². The number of hydrogen-bond donors (Lipinski definition) is 1. The quantitative estimate of drug-likeness (QED) is 0.475. The van der Waals surface area contributed by atoms with Crippen molar-refractivity contribution in [2.45, 2.75) is 26.3 Å². The summed E-state index contributed by atoms with van der Waals surface area (Å²) in [5.74, 6) is -2.41. The largest absolute Gasteiger partial charge is 0.454 e. The van der Waals surface area contributed by atoms with Crippen LogP contribution in [0.15, 0.2) is 36.4 Å². The Morgan fingerprint density at radius 2 is 1.68 bits per heavy atom. The van der Waals surface area contributed by atoms with Gasteiger partial charge in [-0.05, 0) is 44.2 Å². The number of amides is 3. The smallest absolute Gasteiger partial charge is 0.329 e. The highest BCUT2D eigenvalue weighted by Crippen LogP contribution is 2.52. The van der Waals surface area contributed by atoms with Crippen molar-refractivity contribution in [3.05, 3.63) is 42.0 Å². The van der Waals surface area contributed by atoms with Crippen LogP contribution in [0, 0.1) is 30.6 Å². The van der Waals surface area contributed by atoms with Gasteiger partial charge in [-0.15, -0.1) is 0 Å². The Morgan fingerprint density at radius 3 is 2.25 bits per heavy atom. The lowest BCUT2D eigenvalue weighted by Gasteiger charge is -2.23. The molecule has 1 aromatic rings. The second-order valence-corrected chi connectivity index (χ2v) is 7.74. The van der Waals surface area contributed by atoms with Crippen LogP contribution in [-0.4, -0.2) is 41.2 Å². The topological polar surface area (TPSA) is 92.8 Å². The number of carbonyl (C=O) groups is 4. The number of nitrogens with one attached hydrogen (secondary N) is 1. The fourth-order valence-corrected chi connectivity index (χ4v) is 4.50. The first kappa shape index (κ1) is 18.4. The highest BCUT2D eigenvalue weighted by Gasteiger charge is 2.60. The highest BCUT2D eigenvalue weighted by atomic mass is 16.5. The molecule has 2 aliphatic carbocycles. The highest BCUT2D eigenvalue weighted by molar-refractivity contribution is 6.09. The number of imide groups is 1. The summed E-state index contributed by atoms with van der Waals surface area (Å²) < 4.78 is 5.05. The molecule has 146 valence electrons. The van der Waals surface area contributed by atoms with Gasteiger partial charge in [0, 0.05) is 5.69 Å². The zero-order valence-electron chi connectivity index (χ0n) is 15.8. The van der Waals surface area contributed by atoms with Crippen molar-refractivity contribution in [3.63, 3.8) is 0 Å². The number of benzene rings is 1. The van der Waals surface area contributed by atoms with Crippen LogP contribution in [0.4, 0.5) is 5.69 Å². The fourth-order valence-electron chi connectivity index (χ4n) is 4.50. The van der Waals surface area contributed by atoms with E-state index in [1.54, 1.807) is 12.1 Å². The number of carbonyl (C=O) groups excluding carboxylic acids is 4. The molecule has 3 aliphatic rings. The van der Waals surface area contributed by atoms with Crippen LogP contribution in [0.1, 0.15) is 18.9 Å². The number of ether oxygens (including phenoxy) is 1. The van der Waals surface area contributed by atoms with Crippen LogP contribution < -0.4 is 5.32 Å². The van der Waals surface area contributed by atoms with Gasteiger partial charge in [0.15, 0.2) is 6.61 Å². The van der Waals surface area contributed by atoms with E-state index in [0.29, 0.717) is 5.69 Å². The van der Waals surface area contributed by atoms with Gasteiger partial charge in [-0.2, -0.15) is 0 Å². The Bertz CT molecular complexity index is 845. The molecule has 0 aromatic heterocycles. The average Bonchev–Trinajstić information content (AvgIpc) is 3.35. The number of rotatable bonds is 5. The number of fused-ring (bicyclic) bond motifs is 5. The third-order valence-corrected chi connectivity index (χ3v) is 5.91. The zero-order valence-corrected chi connectivity index (χ0v) is 15.8. The summed E-state index contributed by atoms with van der Waals surface area (Å²) in [5, 5.41) is 2.63. The molecule has 1 N–H and O–H groups in total. The summed E-state index contributed by atoms with van der Waals surface area (Å²) in [5.41, 5.74) is 1.66. The summed E-state index contributed by atoms with van der Waals surface area (Å²) in [6.07, 6.45) is 4.83. The van der Waals surface area contributed by atoms with E-state index in [1.807, 2.05) is 31.2 Å². The van der Waals surface area contributed by atoms with E-state index >= 15 is 0 Å². The Hall–Kier alpha value is -2.96. The average molecular weight is 382 g/mol. The third kappa shape index (κ3) is 3.00. The molecule has 4 rings (SSSR count). The summed E-state index contributed by atoms with van der Waals surface area (Å²) in [7, 11) is 0. The van der Waals surface area contributed by atoms with Gasteiger partial charge in [-0.25, -0.2) is 4.79 Å². The molecular weight excluding hydrogens is 360 g/mol. The Kier molecular flexibility index (Phi) is 4.53. The molecule has 1 aromatic carbocycles. The van der Waals surface area contributed by atoms with E-state index in [0.717, 1.165) is 16.9 Å². The van der Waals surface area contributed by atoms with E-state index < -0.39 is 24.5 Å². The van der Waals surface area contributed by atoms with Gasteiger partial charge in [0.2, 0.25) is 11.8 Å². The van der Waals surface area contributed by atoms with Gasteiger partial charge in [0.1, 0.15) is 6.04 Å². The molecule has 1 aliphatic heterocycles. The predicted molar refractivity (Wildman–Crippen MR) is 99.8 cm³/mol. The molecule has 1 saturated heterocycles. The van der Waals surface area contributed by atoms with Crippen LogP contribution in [0.3, 0.4) is 0 Å². The predicted octanol–water partition coefficient (Wildman–Crippen LogP) is 1.67. The van der Waals surface area contributed by atoms with Crippen LogP contribution in [-0.2, 0) is 23.9 Å². The van der Waals surface area contributed by atoms with Crippen LogP contribution >= 0.6 is 0 Å². The fraction of sp³-hybridized carbons (Fsp3) is 0.429. The van der Waals surface area contributed by atoms with Crippen molar-refractivity contribution in [1.29, 1.82) is 0 Å². The van der Waals surface area contributed by atoms with Crippen LogP contribution in [0.2, 0.25) is 0 Å². The summed E-state index contributed by atoms with van der Waals surface area (Å²) >= 11 is 0. The van der Waals surface area contributed by atoms with Crippen LogP contribution in [0.25, 0.3) is 0 Å². The van der Waals surface area contributed by atoms with Crippen molar-refractivity contribution in [1.82, 2.24) is 4.90 Å². The van der Waals surface area contributed by atoms with Crippen molar-refractivity contribution in [3.8, 4) is 0 Å². The first-order valence-corrected chi connectivity index (χ1v) is 9.45. The molecule has 2 fully saturated rings. The molecular formula is C21H22N2O5. The summed E-state index contributed by atoms with van der Waals surface area (Å²) in [6, 6.07) is 6.17. The van der Waals surface area contributed by atoms with Gasteiger partial charge >= 0.3 is 5.97 Å². The first-order valence-electron chi connectivity index (χ1n) is 9.45. The number of aryl methyl sites for hydroxylation is 1. The minimum absolute atomic E-state index is 0.0833. The maximum atomic E-state index is 12.7. The molecule has 28 heavy (non-hydrogen) atoms. The van der Waals surface area contributed by atoms with Gasteiger partial charge < -0.3 is 10.1 Å². The molecule has 1 saturated carbocycles. The van der Waals surface area contributed by atoms with E-state index in [1.165, 1.54) is 6.92 Å². The number of allylic oxidation sites excluding steroid dienone is 2. The van der Waals surface area contributed by atoms with Crippen molar-refractivity contribution in [2.75, 3.05) is 11.9 Å². The lowest BCUT2D eigenvalue weighted by atomic mass is 9.85. The number of nitrogens with zero attached hydrogens (tertiary/aromatic N) is 1. The SMILES string of the molecule is Cc1ccc(NC(=O)COC(=O)[C@@H](C)N2C(=O)[C@@H]3[C@H](C2=O)[C@H]2C=C[C@H]3C2)cc1. The van der Waals surface area contributed by atoms with Gasteiger partial charge in [-0.1, -0.05) is 29.8 Å². The Balaban J connectivity index is 1.34. The van der Waals surface area contributed by atoms with Crippen molar-refractivity contribution < 1.29 is 23.9 Å². The zero-order chi connectivity index (χ0) is 20.0. The molecule has 3 amide bonds. The summed E-state index contributed by atoms with van der Waals surface area (Å²) in [4.78, 5) is 50.8. The number of anilines is 1. The number of likely N-dealkylation sites (tertiary alicyclic amines) is 1. The second kappa shape index (κ2) is 6.89. The maximum Gasteiger partial charge on any atom is 0.329 e. The van der Waals surface area contributed by atoms with E-state index in [-0.39, 0.29) is 35.5 Å². The number of hydrogen-bond acceptors (Lipinski definition) is 5. The monoisotopic (exact) mass is 382 g/mol. The molecule has 0 radical (unpaired) electrons. The molecule has 0 spiro atoms. The maximum absolute atomic E-state index is 12.7. The summed E-state index contributed by atoms with van der Waals surface area (Å²) in [6.45, 7) is 2.92. The van der Waals surface area contributed by atoms with Crippen molar-refractivity contribution in [2.24, 2.45) is 23.7 Å². The van der Waals surface area contributed by atoms with E-state index in [9.17, 15) is 19.2 Å². The molecule has 0 unspecified atom stereocenters.